The third-order valence-electron chi connectivity index (χ3n) is 4.84. The van der Waals surface area contributed by atoms with Gasteiger partial charge in [0, 0.05) is 30.6 Å². The van der Waals surface area contributed by atoms with Gasteiger partial charge in [-0.15, -0.1) is 0 Å². The zero-order chi connectivity index (χ0) is 21.2. The number of benzene rings is 2. The number of carbonyl (C=O) groups is 1. The van der Waals surface area contributed by atoms with Gasteiger partial charge in [0.25, 0.3) is 5.91 Å². The number of halogens is 1. The maximum atomic E-state index is 14.0. The number of aromatic nitrogens is 4. The normalized spacial score (nSPS) is 11.0. The zero-order valence-electron chi connectivity index (χ0n) is 16.3. The Hall–Kier alpha value is -4.33. The van der Waals surface area contributed by atoms with E-state index in [1.54, 1.807) is 47.1 Å². The highest BCUT2D eigenvalue weighted by molar-refractivity contribution is 6.04. The van der Waals surface area contributed by atoms with Gasteiger partial charge in [0.05, 0.1) is 17.2 Å². The lowest BCUT2D eigenvalue weighted by atomic mass is 10.2. The van der Waals surface area contributed by atoms with Crippen molar-refractivity contribution in [2.45, 2.75) is 6.54 Å². The number of carbonyl (C=O) groups excluding carboxylic acids is 1. The van der Waals surface area contributed by atoms with E-state index in [-0.39, 0.29) is 5.91 Å². The van der Waals surface area contributed by atoms with E-state index in [2.05, 4.69) is 25.6 Å². The zero-order valence-corrected chi connectivity index (χ0v) is 16.3. The van der Waals surface area contributed by atoms with E-state index in [0.717, 1.165) is 5.56 Å². The maximum Gasteiger partial charge on any atom is 0.256 e. The van der Waals surface area contributed by atoms with Gasteiger partial charge >= 0.3 is 0 Å². The van der Waals surface area contributed by atoms with Crippen molar-refractivity contribution in [1.29, 1.82) is 0 Å². The summed E-state index contributed by atoms with van der Waals surface area (Å²) in [4.78, 5) is 25.9. The van der Waals surface area contributed by atoms with Gasteiger partial charge in [-0.1, -0.05) is 24.3 Å². The molecule has 3 aromatic heterocycles. The van der Waals surface area contributed by atoms with Crippen LogP contribution in [0.1, 0.15) is 15.9 Å². The van der Waals surface area contributed by atoms with Crippen molar-refractivity contribution in [2.24, 2.45) is 0 Å². The van der Waals surface area contributed by atoms with Crippen molar-refractivity contribution >= 4 is 34.2 Å². The van der Waals surface area contributed by atoms with Crippen LogP contribution < -0.4 is 10.6 Å². The molecule has 0 saturated heterocycles. The lowest BCUT2D eigenvalue weighted by Crippen LogP contribution is -2.14. The maximum absolute atomic E-state index is 14.0. The van der Waals surface area contributed by atoms with Crippen molar-refractivity contribution in [3.05, 3.63) is 96.2 Å². The number of rotatable bonds is 5. The van der Waals surface area contributed by atoms with E-state index in [1.807, 2.05) is 18.2 Å². The molecule has 0 aliphatic carbocycles. The molecule has 0 spiro atoms. The van der Waals surface area contributed by atoms with Crippen LogP contribution in [-0.2, 0) is 6.54 Å². The molecule has 0 aliphatic rings. The number of hydrogen-bond acceptors (Lipinski definition) is 5. The molecule has 8 heteroatoms. The molecule has 2 N–H and O–H groups in total. The first-order chi connectivity index (χ1) is 15.2. The van der Waals surface area contributed by atoms with Crippen LogP contribution in [0.2, 0.25) is 0 Å². The molecule has 0 unspecified atom stereocenters. The number of nitrogens with zero attached hydrogens (tertiary/aromatic N) is 4. The molecule has 5 rings (SSSR count). The average molecular weight is 412 g/mol. The van der Waals surface area contributed by atoms with Crippen molar-refractivity contribution in [3.63, 3.8) is 0 Å². The smallest absolute Gasteiger partial charge is 0.256 e. The number of nitrogens with one attached hydrogen (secondary N) is 2. The number of fused-ring (bicyclic) bond motifs is 3. The van der Waals surface area contributed by atoms with Gasteiger partial charge < -0.3 is 10.6 Å². The lowest BCUT2D eigenvalue weighted by molar-refractivity contribution is 0.102. The fourth-order valence-corrected chi connectivity index (χ4v) is 3.38. The van der Waals surface area contributed by atoms with Crippen molar-refractivity contribution in [3.8, 4) is 0 Å². The Morgan fingerprint density at radius 3 is 2.71 bits per heavy atom. The Morgan fingerprint density at radius 2 is 1.90 bits per heavy atom. The lowest BCUT2D eigenvalue weighted by Gasteiger charge is -2.12. The highest BCUT2D eigenvalue weighted by Gasteiger charge is 2.16. The van der Waals surface area contributed by atoms with E-state index in [9.17, 15) is 9.18 Å². The van der Waals surface area contributed by atoms with Crippen LogP contribution in [0, 0.1) is 5.82 Å². The highest BCUT2D eigenvalue weighted by atomic mass is 19.1. The van der Waals surface area contributed by atoms with E-state index in [0.29, 0.717) is 40.4 Å². The number of amides is 1. The van der Waals surface area contributed by atoms with Gasteiger partial charge in [-0.3, -0.25) is 14.2 Å². The third-order valence-corrected chi connectivity index (χ3v) is 4.84. The van der Waals surface area contributed by atoms with Gasteiger partial charge in [0.1, 0.15) is 11.6 Å². The first kappa shape index (κ1) is 18.7. The Bertz CT molecular complexity index is 1390. The highest BCUT2D eigenvalue weighted by Crippen LogP contribution is 2.26. The summed E-state index contributed by atoms with van der Waals surface area (Å²) >= 11 is 0. The number of pyridine rings is 1. The summed E-state index contributed by atoms with van der Waals surface area (Å²) in [5, 5.41) is 6.14. The minimum absolute atomic E-state index is 0.284. The largest absolute Gasteiger partial charge is 0.363 e. The first-order valence-corrected chi connectivity index (χ1v) is 9.65. The Kier molecular flexibility index (Phi) is 4.72. The van der Waals surface area contributed by atoms with Crippen LogP contribution in [0.4, 0.5) is 16.0 Å². The molecule has 0 saturated carbocycles. The first-order valence-electron chi connectivity index (χ1n) is 9.65. The van der Waals surface area contributed by atoms with Crippen LogP contribution in [0.5, 0.6) is 0 Å². The second-order valence-corrected chi connectivity index (χ2v) is 6.93. The Labute approximate surface area is 176 Å². The predicted molar refractivity (Wildman–Crippen MR) is 116 cm³/mol. The minimum Gasteiger partial charge on any atom is -0.363 e. The number of hydrogen-bond donors (Lipinski definition) is 2. The van der Waals surface area contributed by atoms with Gasteiger partial charge in [-0.25, -0.2) is 14.4 Å². The molecule has 3 heterocycles. The molecule has 0 atom stereocenters. The third kappa shape index (κ3) is 3.66. The molecule has 0 aliphatic heterocycles. The average Bonchev–Trinajstić information content (AvgIpc) is 3.23. The minimum atomic E-state index is -0.402. The Balaban J connectivity index is 1.59. The summed E-state index contributed by atoms with van der Waals surface area (Å²) in [7, 11) is 0. The van der Waals surface area contributed by atoms with E-state index in [1.165, 1.54) is 18.3 Å². The molecular formula is C23H17FN6O. The molecule has 2 aromatic carbocycles. The van der Waals surface area contributed by atoms with Crippen molar-refractivity contribution in [1.82, 2.24) is 19.4 Å². The van der Waals surface area contributed by atoms with Gasteiger partial charge in [-0.05, 0) is 35.9 Å². The van der Waals surface area contributed by atoms with Crippen LogP contribution in [0.3, 0.4) is 0 Å². The second-order valence-electron chi connectivity index (χ2n) is 6.93. The molecule has 1 amide bonds. The summed E-state index contributed by atoms with van der Waals surface area (Å²) < 4.78 is 15.7. The number of anilines is 2. The molecule has 152 valence electrons. The molecule has 0 radical (unpaired) electrons. The summed E-state index contributed by atoms with van der Waals surface area (Å²) in [5.74, 6) is 0.254. The number of imidazole rings is 1. The standard InChI is InChI=1S/C23H17FN6O/c24-17-8-9-18-19(11-17)30-20(29-23(31)16-6-2-1-3-7-16)14-27-22(30)21(28-18)26-13-15-5-4-10-25-12-15/h1-12,14H,13H2,(H,26,28)(H,29,31). The van der Waals surface area contributed by atoms with E-state index < -0.39 is 5.82 Å². The fraction of sp³-hybridized carbons (Fsp3) is 0.0435. The quantitative estimate of drug-likeness (QED) is 0.450. The molecule has 7 nitrogen and oxygen atoms in total. The summed E-state index contributed by atoms with van der Waals surface area (Å²) in [5.41, 5.74) is 3.03. The summed E-state index contributed by atoms with van der Waals surface area (Å²) in [6.07, 6.45) is 5.01. The van der Waals surface area contributed by atoms with Crippen LogP contribution >= 0.6 is 0 Å². The van der Waals surface area contributed by atoms with Crippen molar-refractivity contribution in [2.75, 3.05) is 10.6 Å². The second kappa shape index (κ2) is 7.83. The van der Waals surface area contributed by atoms with E-state index in [4.69, 9.17) is 0 Å². The topological polar surface area (TPSA) is 84.2 Å². The van der Waals surface area contributed by atoms with E-state index >= 15 is 0 Å². The molecule has 31 heavy (non-hydrogen) atoms. The van der Waals surface area contributed by atoms with Crippen LogP contribution in [0.25, 0.3) is 16.7 Å². The summed E-state index contributed by atoms with van der Waals surface area (Å²) in [6.45, 7) is 0.488. The van der Waals surface area contributed by atoms with Gasteiger partial charge in [0.15, 0.2) is 11.5 Å². The van der Waals surface area contributed by atoms with Gasteiger partial charge in [0.2, 0.25) is 0 Å². The van der Waals surface area contributed by atoms with Crippen LogP contribution in [0.15, 0.2) is 79.3 Å². The fourth-order valence-electron chi connectivity index (χ4n) is 3.38. The molecular weight excluding hydrogens is 395 g/mol. The Morgan fingerprint density at radius 1 is 1.03 bits per heavy atom. The van der Waals surface area contributed by atoms with Crippen molar-refractivity contribution < 1.29 is 9.18 Å². The van der Waals surface area contributed by atoms with Crippen LogP contribution in [-0.4, -0.2) is 25.3 Å². The van der Waals surface area contributed by atoms with Gasteiger partial charge in [-0.2, -0.15) is 0 Å². The monoisotopic (exact) mass is 412 g/mol. The molecule has 0 fully saturated rings. The molecule has 0 bridgehead atoms. The molecule has 5 aromatic rings. The predicted octanol–water partition coefficient (Wildman–Crippen LogP) is 4.28. The summed E-state index contributed by atoms with van der Waals surface area (Å²) in [6, 6.07) is 17.0. The SMILES string of the molecule is O=C(Nc1cnc2c(NCc3cccnc3)nc3ccc(F)cc3n12)c1ccccc1.